The number of aryl methyl sites for hydroxylation is 2. The molecule has 20 heavy (non-hydrogen) atoms. The molecule has 0 saturated carbocycles. The number of anilines is 2. The lowest BCUT2D eigenvalue weighted by molar-refractivity contribution is 0.600. The van der Waals surface area contributed by atoms with Crippen molar-refractivity contribution in [2.75, 3.05) is 10.5 Å². The van der Waals surface area contributed by atoms with Crippen LogP contribution in [0.5, 0.6) is 0 Å². The minimum Gasteiger partial charge on any atom is -0.398 e. The number of rotatable bonds is 3. The van der Waals surface area contributed by atoms with E-state index in [1.807, 2.05) is 6.92 Å². The van der Waals surface area contributed by atoms with Crippen molar-refractivity contribution in [1.82, 2.24) is 10.2 Å². The first-order valence-electron chi connectivity index (χ1n) is 6.14. The molecule has 6 nitrogen and oxygen atoms in total. The highest BCUT2D eigenvalue weighted by Crippen LogP contribution is 2.27. The first kappa shape index (κ1) is 14.4. The van der Waals surface area contributed by atoms with Gasteiger partial charge in [0.05, 0.1) is 4.90 Å². The van der Waals surface area contributed by atoms with Gasteiger partial charge in [-0.3, -0.25) is 9.82 Å². The van der Waals surface area contributed by atoms with Crippen LogP contribution in [0.4, 0.5) is 11.5 Å². The molecule has 108 valence electrons. The largest absolute Gasteiger partial charge is 0.398 e. The predicted molar refractivity (Wildman–Crippen MR) is 79.2 cm³/mol. The molecule has 1 heterocycles. The molecule has 2 aromatic rings. The summed E-state index contributed by atoms with van der Waals surface area (Å²) in [7, 11) is -3.72. The van der Waals surface area contributed by atoms with Crippen molar-refractivity contribution in [1.29, 1.82) is 0 Å². The fourth-order valence-electron chi connectivity index (χ4n) is 2.02. The van der Waals surface area contributed by atoms with E-state index in [-0.39, 0.29) is 4.90 Å². The summed E-state index contributed by atoms with van der Waals surface area (Å²) >= 11 is 0. The van der Waals surface area contributed by atoms with Crippen LogP contribution in [0.1, 0.15) is 22.4 Å². The number of benzene rings is 1. The molecule has 0 amide bonds. The van der Waals surface area contributed by atoms with Crippen molar-refractivity contribution < 1.29 is 8.42 Å². The van der Waals surface area contributed by atoms with Crippen LogP contribution in [-0.2, 0) is 10.0 Å². The Labute approximate surface area is 118 Å². The second-order valence-electron chi connectivity index (χ2n) is 4.85. The summed E-state index contributed by atoms with van der Waals surface area (Å²) in [6.07, 6.45) is 0. The monoisotopic (exact) mass is 294 g/mol. The van der Waals surface area contributed by atoms with Gasteiger partial charge in [-0.25, -0.2) is 8.42 Å². The minimum atomic E-state index is -3.72. The van der Waals surface area contributed by atoms with Crippen molar-refractivity contribution >= 4 is 21.5 Å². The van der Waals surface area contributed by atoms with Crippen LogP contribution in [0, 0.1) is 27.7 Å². The standard InChI is InChI=1S/C13H18N4O2S/c1-7-5-6-11(14)9(3)12(7)20(18,19)17-13-8(2)10(4)15-16-13/h5-6H,14H2,1-4H3,(H2,15,16,17). The average molecular weight is 294 g/mol. The van der Waals surface area contributed by atoms with Crippen LogP contribution in [-0.4, -0.2) is 18.6 Å². The highest BCUT2D eigenvalue weighted by atomic mass is 32.2. The number of hydrogen-bond donors (Lipinski definition) is 3. The summed E-state index contributed by atoms with van der Waals surface area (Å²) in [4.78, 5) is 0.206. The van der Waals surface area contributed by atoms with Crippen LogP contribution >= 0.6 is 0 Å². The molecule has 4 N–H and O–H groups in total. The van der Waals surface area contributed by atoms with E-state index >= 15 is 0 Å². The third kappa shape index (κ3) is 2.36. The van der Waals surface area contributed by atoms with Crippen LogP contribution in [0.2, 0.25) is 0 Å². The van der Waals surface area contributed by atoms with E-state index in [1.54, 1.807) is 32.9 Å². The number of nitrogens with two attached hydrogens (primary N) is 1. The second kappa shape index (κ2) is 4.82. The van der Waals surface area contributed by atoms with Crippen molar-refractivity contribution in [3.8, 4) is 0 Å². The third-order valence-corrected chi connectivity index (χ3v) is 5.03. The number of aromatic nitrogens is 2. The van der Waals surface area contributed by atoms with Crippen molar-refractivity contribution in [2.24, 2.45) is 0 Å². The van der Waals surface area contributed by atoms with E-state index in [4.69, 9.17) is 5.73 Å². The van der Waals surface area contributed by atoms with E-state index in [1.165, 1.54) is 0 Å². The van der Waals surface area contributed by atoms with Crippen molar-refractivity contribution in [3.05, 3.63) is 34.5 Å². The first-order chi connectivity index (χ1) is 9.24. The van der Waals surface area contributed by atoms with E-state index in [2.05, 4.69) is 14.9 Å². The number of nitrogens with one attached hydrogen (secondary N) is 2. The molecule has 0 spiro atoms. The predicted octanol–water partition coefficient (Wildman–Crippen LogP) is 2.03. The topological polar surface area (TPSA) is 101 Å². The molecule has 0 aliphatic carbocycles. The maximum Gasteiger partial charge on any atom is 0.263 e. The van der Waals surface area contributed by atoms with Gasteiger partial charge in [0, 0.05) is 16.9 Å². The lowest BCUT2D eigenvalue weighted by Crippen LogP contribution is -2.17. The summed E-state index contributed by atoms with van der Waals surface area (Å²) in [5.41, 5.74) is 9.03. The molecule has 0 bridgehead atoms. The smallest absolute Gasteiger partial charge is 0.263 e. The molecule has 0 unspecified atom stereocenters. The number of H-pyrrole nitrogens is 1. The average Bonchev–Trinajstić information content (AvgIpc) is 2.65. The van der Waals surface area contributed by atoms with Gasteiger partial charge < -0.3 is 5.73 Å². The quantitative estimate of drug-likeness (QED) is 0.754. The molecule has 0 fully saturated rings. The Balaban J connectivity index is 2.52. The molecule has 0 saturated heterocycles. The minimum absolute atomic E-state index is 0.206. The molecule has 0 aliphatic rings. The number of nitrogen functional groups attached to an aromatic ring is 1. The number of hydrogen-bond acceptors (Lipinski definition) is 4. The van der Waals surface area contributed by atoms with E-state index in [0.29, 0.717) is 22.6 Å². The van der Waals surface area contributed by atoms with Gasteiger partial charge >= 0.3 is 0 Å². The summed E-state index contributed by atoms with van der Waals surface area (Å²) < 4.78 is 27.6. The van der Waals surface area contributed by atoms with Crippen LogP contribution in [0.25, 0.3) is 0 Å². The molecule has 1 aromatic heterocycles. The highest BCUT2D eigenvalue weighted by molar-refractivity contribution is 7.92. The molecule has 0 radical (unpaired) electrons. The SMILES string of the molecule is Cc1ccc(N)c(C)c1S(=O)(=O)Nc1n[nH]c(C)c1C. The highest BCUT2D eigenvalue weighted by Gasteiger charge is 2.22. The van der Waals surface area contributed by atoms with Gasteiger partial charge in [-0.05, 0) is 44.9 Å². The molecule has 0 atom stereocenters. The van der Waals surface area contributed by atoms with Gasteiger partial charge in [0.2, 0.25) is 0 Å². The van der Waals surface area contributed by atoms with Crippen LogP contribution in [0.3, 0.4) is 0 Å². The Morgan fingerprint density at radius 2 is 1.80 bits per heavy atom. The summed E-state index contributed by atoms with van der Waals surface area (Å²) in [5.74, 6) is 0.309. The maximum atomic E-state index is 12.5. The Morgan fingerprint density at radius 1 is 1.15 bits per heavy atom. The van der Waals surface area contributed by atoms with Gasteiger partial charge in [-0.15, -0.1) is 0 Å². The maximum absolute atomic E-state index is 12.5. The van der Waals surface area contributed by atoms with Gasteiger partial charge in [0.25, 0.3) is 10.0 Å². The molecular formula is C13H18N4O2S. The fraction of sp³-hybridized carbons (Fsp3) is 0.308. The van der Waals surface area contributed by atoms with Gasteiger partial charge in [-0.2, -0.15) is 5.10 Å². The van der Waals surface area contributed by atoms with Gasteiger partial charge in [0.1, 0.15) is 0 Å². The molecule has 1 aromatic carbocycles. The van der Waals surface area contributed by atoms with Crippen LogP contribution in [0.15, 0.2) is 17.0 Å². The zero-order chi connectivity index (χ0) is 15.1. The third-order valence-electron chi connectivity index (χ3n) is 3.40. The number of aromatic amines is 1. The fourth-order valence-corrected chi connectivity index (χ4v) is 3.59. The zero-order valence-electron chi connectivity index (χ0n) is 11.9. The molecular weight excluding hydrogens is 276 g/mol. The Bertz CT molecular complexity index is 763. The van der Waals surface area contributed by atoms with Crippen molar-refractivity contribution in [2.45, 2.75) is 32.6 Å². The van der Waals surface area contributed by atoms with E-state index in [9.17, 15) is 8.42 Å². The lowest BCUT2D eigenvalue weighted by atomic mass is 10.1. The summed E-state index contributed by atoms with van der Waals surface area (Å²) in [6, 6.07) is 3.40. The first-order valence-corrected chi connectivity index (χ1v) is 7.62. The van der Waals surface area contributed by atoms with Crippen LogP contribution < -0.4 is 10.5 Å². The Morgan fingerprint density at radius 3 is 2.35 bits per heavy atom. The van der Waals surface area contributed by atoms with E-state index in [0.717, 1.165) is 11.3 Å². The van der Waals surface area contributed by atoms with Gasteiger partial charge in [-0.1, -0.05) is 6.07 Å². The molecule has 7 heteroatoms. The molecule has 0 aliphatic heterocycles. The number of sulfonamides is 1. The number of nitrogens with zero attached hydrogens (tertiary/aromatic N) is 1. The second-order valence-corrected chi connectivity index (χ2v) is 6.47. The summed E-state index contributed by atoms with van der Waals surface area (Å²) in [5, 5.41) is 6.71. The Kier molecular flexibility index (Phi) is 3.47. The summed E-state index contributed by atoms with van der Waals surface area (Å²) in [6.45, 7) is 7.07. The van der Waals surface area contributed by atoms with Crippen molar-refractivity contribution in [3.63, 3.8) is 0 Å². The normalized spacial score (nSPS) is 11.6. The molecule has 2 rings (SSSR count). The zero-order valence-corrected chi connectivity index (χ0v) is 12.7. The Hall–Kier alpha value is -2.02. The van der Waals surface area contributed by atoms with Gasteiger partial charge in [0.15, 0.2) is 5.82 Å². The lowest BCUT2D eigenvalue weighted by Gasteiger charge is -2.13. The van der Waals surface area contributed by atoms with E-state index < -0.39 is 10.0 Å².